The van der Waals surface area contributed by atoms with E-state index in [1.807, 2.05) is 26.0 Å². The summed E-state index contributed by atoms with van der Waals surface area (Å²) in [5, 5.41) is 3.22. The number of nitrogens with one attached hydrogen (secondary N) is 1. The van der Waals surface area contributed by atoms with Crippen molar-refractivity contribution in [3.63, 3.8) is 0 Å². The summed E-state index contributed by atoms with van der Waals surface area (Å²) >= 11 is 1.21. The van der Waals surface area contributed by atoms with Gasteiger partial charge in [-0.15, -0.1) is 0 Å². The van der Waals surface area contributed by atoms with E-state index in [-0.39, 0.29) is 5.12 Å². The normalized spacial score (nSPS) is 9.94. The number of rotatable bonds is 5. The molecule has 0 fully saturated rings. The fourth-order valence-electron chi connectivity index (χ4n) is 1.40. The molecule has 1 N–H and O–H groups in total. The Hall–Kier alpha value is -1.16. The number of benzene rings is 1. The third-order valence-electron chi connectivity index (χ3n) is 2.07. The molecule has 4 heteroatoms. The number of hydrogen-bond donors (Lipinski definition) is 1. The standard InChI is InChI=1S/C12H17NO2S/c1-4-13-11-7-6-9(15-5-2)8-10(11)12(14)16-3/h6-8,13H,4-5H2,1-3H3. The van der Waals surface area contributed by atoms with E-state index in [0.717, 1.165) is 18.0 Å². The predicted octanol–water partition coefficient (Wildman–Crippen LogP) is 3.02. The van der Waals surface area contributed by atoms with Gasteiger partial charge in [-0.2, -0.15) is 0 Å². The van der Waals surface area contributed by atoms with Crippen LogP contribution in [0.25, 0.3) is 0 Å². The Morgan fingerprint density at radius 2 is 2.19 bits per heavy atom. The predicted molar refractivity (Wildman–Crippen MR) is 69.6 cm³/mol. The zero-order valence-corrected chi connectivity index (χ0v) is 10.7. The number of ether oxygens (including phenoxy) is 1. The van der Waals surface area contributed by atoms with E-state index in [1.165, 1.54) is 11.8 Å². The van der Waals surface area contributed by atoms with Crippen LogP contribution in [0.5, 0.6) is 5.75 Å². The molecule has 0 aliphatic rings. The minimum Gasteiger partial charge on any atom is -0.494 e. The molecule has 16 heavy (non-hydrogen) atoms. The Labute approximate surface area is 101 Å². The fraction of sp³-hybridized carbons (Fsp3) is 0.417. The molecule has 0 heterocycles. The van der Waals surface area contributed by atoms with E-state index in [1.54, 1.807) is 12.3 Å². The first kappa shape index (κ1) is 12.9. The van der Waals surface area contributed by atoms with Crippen molar-refractivity contribution in [1.29, 1.82) is 0 Å². The Balaban J connectivity index is 3.05. The first-order valence-corrected chi connectivity index (χ1v) is 6.54. The van der Waals surface area contributed by atoms with Crippen LogP contribution < -0.4 is 10.1 Å². The zero-order valence-electron chi connectivity index (χ0n) is 9.87. The largest absolute Gasteiger partial charge is 0.494 e. The van der Waals surface area contributed by atoms with E-state index < -0.39 is 0 Å². The van der Waals surface area contributed by atoms with Gasteiger partial charge in [0.05, 0.1) is 12.2 Å². The van der Waals surface area contributed by atoms with Crippen LogP contribution in [-0.2, 0) is 0 Å². The van der Waals surface area contributed by atoms with Crippen molar-refractivity contribution in [2.24, 2.45) is 0 Å². The summed E-state index contributed by atoms with van der Waals surface area (Å²) < 4.78 is 5.39. The number of carbonyl (C=O) groups excluding carboxylic acids is 1. The van der Waals surface area contributed by atoms with Crippen LogP contribution in [-0.4, -0.2) is 24.5 Å². The Bertz CT molecular complexity index is 366. The van der Waals surface area contributed by atoms with E-state index in [2.05, 4.69) is 5.32 Å². The van der Waals surface area contributed by atoms with E-state index in [9.17, 15) is 4.79 Å². The maximum Gasteiger partial charge on any atom is 0.221 e. The molecule has 0 unspecified atom stereocenters. The molecule has 0 saturated carbocycles. The molecule has 1 rings (SSSR count). The van der Waals surface area contributed by atoms with Gasteiger partial charge in [0.25, 0.3) is 0 Å². The third-order valence-corrected chi connectivity index (χ3v) is 2.67. The monoisotopic (exact) mass is 239 g/mol. The first-order chi connectivity index (χ1) is 7.72. The van der Waals surface area contributed by atoms with Crippen LogP contribution in [0.3, 0.4) is 0 Å². The van der Waals surface area contributed by atoms with Crippen molar-refractivity contribution in [3.8, 4) is 5.75 Å². The van der Waals surface area contributed by atoms with E-state index in [0.29, 0.717) is 12.2 Å². The minimum atomic E-state index is 0.0532. The summed E-state index contributed by atoms with van der Waals surface area (Å²) in [6.45, 7) is 5.33. The van der Waals surface area contributed by atoms with Crippen molar-refractivity contribution in [1.82, 2.24) is 0 Å². The lowest BCUT2D eigenvalue weighted by Gasteiger charge is -2.11. The number of carbonyl (C=O) groups is 1. The molecule has 1 aromatic rings. The van der Waals surface area contributed by atoms with Crippen LogP contribution in [0.1, 0.15) is 24.2 Å². The Kier molecular flexibility index (Phi) is 5.19. The molecule has 0 bridgehead atoms. The van der Waals surface area contributed by atoms with Gasteiger partial charge in [0, 0.05) is 12.2 Å². The highest BCUT2D eigenvalue weighted by Gasteiger charge is 2.11. The zero-order chi connectivity index (χ0) is 12.0. The molecule has 0 atom stereocenters. The highest BCUT2D eigenvalue weighted by atomic mass is 32.2. The average Bonchev–Trinajstić information content (AvgIpc) is 2.31. The molecule has 88 valence electrons. The molecule has 0 aliphatic heterocycles. The van der Waals surface area contributed by atoms with Gasteiger partial charge in [0.2, 0.25) is 5.12 Å². The van der Waals surface area contributed by atoms with Gasteiger partial charge < -0.3 is 10.1 Å². The number of thioether (sulfide) groups is 1. The highest BCUT2D eigenvalue weighted by molar-refractivity contribution is 8.13. The number of hydrogen-bond acceptors (Lipinski definition) is 4. The topological polar surface area (TPSA) is 38.3 Å². The molecule has 0 aromatic heterocycles. The van der Waals surface area contributed by atoms with Gasteiger partial charge in [-0.3, -0.25) is 4.79 Å². The van der Waals surface area contributed by atoms with Gasteiger partial charge in [-0.25, -0.2) is 0 Å². The molecule has 3 nitrogen and oxygen atoms in total. The van der Waals surface area contributed by atoms with Crippen LogP contribution in [0.4, 0.5) is 5.69 Å². The summed E-state index contributed by atoms with van der Waals surface area (Å²) in [5.74, 6) is 0.738. The summed E-state index contributed by atoms with van der Waals surface area (Å²) in [6, 6.07) is 5.55. The van der Waals surface area contributed by atoms with Crippen molar-refractivity contribution in [2.45, 2.75) is 13.8 Å². The molecule has 0 aliphatic carbocycles. The van der Waals surface area contributed by atoms with Gasteiger partial charge in [0.15, 0.2) is 0 Å². The third kappa shape index (κ3) is 3.17. The van der Waals surface area contributed by atoms with Gasteiger partial charge >= 0.3 is 0 Å². The van der Waals surface area contributed by atoms with Gasteiger partial charge in [0.1, 0.15) is 5.75 Å². The summed E-state index contributed by atoms with van der Waals surface area (Å²) in [6.07, 6.45) is 1.78. The smallest absolute Gasteiger partial charge is 0.221 e. The van der Waals surface area contributed by atoms with Gasteiger partial charge in [-0.1, -0.05) is 11.8 Å². The van der Waals surface area contributed by atoms with Crippen LogP contribution in [0.15, 0.2) is 18.2 Å². The Morgan fingerprint density at radius 1 is 1.44 bits per heavy atom. The average molecular weight is 239 g/mol. The lowest BCUT2D eigenvalue weighted by Crippen LogP contribution is -2.04. The summed E-state index contributed by atoms with van der Waals surface area (Å²) in [5.41, 5.74) is 1.55. The Morgan fingerprint density at radius 3 is 2.75 bits per heavy atom. The van der Waals surface area contributed by atoms with Crippen LogP contribution >= 0.6 is 11.8 Å². The highest BCUT2D eigenvalue weighted by Crippen LogP contribution is 2.25. The SMILES string of the molecule is CCNc1ccc(OCC)cc1C(=O)SC. The second-order valence-corrected chi connectivity index (χ2v) is 3.94. The maximum atomic E-state index is 11.7. The summed E-state index contributed by atoms with van der Waals surface area (Å²) in [7, 11) is 0. The van der Waals surface area contributed by atoms with Crippen LogP contribution in [0.2, 0.25) is 0 Å². The van der Waals surface area contributed by atoms with Crippen molar-refractivity contribution >= 4 is 22.6 Å². The lowest BCUT2D eigenvalue weighted by molar-refractivity contribution is 0.108. The molecular formula is C12H17NO2S. The molecule has 0 spiro atoms. The van der Waals surface area contributed by atoms with Crippen molar-refractivity contribution in [2.75, 3.05) is 24.7 Å². The quantitative estimate of drug-likeness (QED) is 0.857. The molecule has 0 amide bonds. The molecular weight excluding hydrogens is 222 g/mol. The van der Waals surface area contributed by atoms with Gasteiger partial charge in [-0.05, 0) is 38.3 Å². The lowest BCUT2D eigenvalue weighted by atomic mass is 10.2. The van der Waals surface area contributed by atoms with E-state index in [4.69, 9.17) is 4.74 Å². The molecule has 0 radical (unpaired) electrons. The fourth-order valence-corrected chi connectivity index (χ4v) is 1.79. The molecule has 1 aromatic carbocycles. The molecule has 0 saturated heterocycles. The van der Waals surface area contributed by atoms with Crippen LogP contribution in [0, 0.1) is 0 Å². The second kappa shape index (κ2) is 6.43. The maximum absolute atomic E-state index is 11.7. The van der Waals surface area contributed by atoms with E-state index >= 15 is 0 Å². The number of anilines is 1. The first-order valence-electron chi connectivity index (χ1n) is 5.32. The minimum absolute atomic E-state index is 0.0532. The van der Waals surface area contributed by atoms with Crippen molar-refractivity contribution < 1.29 is 9.53 Å². The summed E-state index contributed by atoms with van der Waals surface area (Å²) in [4.78, 5) is 11.7. The second-order valence-electron chi connectivity index (χ2n) is 3.16. The van der Waals surface area contributed by atoms with Crippen molar-refractivity contribution in [3.05, 3.63) is 23.8 Å².